The number of ether oxygens (including phenoxy) is 2. The molecule has 1 heterocycles. The van der Waals surface area contributed by atoms with Gasteiger partial charge in [-0.05, 0) is 61.0 Å². The number of rotatable bonds is 7. The molecule has 0 bridgehead atoms. The number of benzene rings is 2. The molecular formula is C24H21F5N2O4. The molecule has 2 N–H and O–H groups in total. The third-order valence-electron chi connectivity index (χ3n) is 5.30. The Labute approximate surface area is 197 Å². The fraction of sp³-hybridized carbons (Fsp3) is 0.250. The van der Waals surface area contributed by atoms with Crippen LogP contribution in [0.4, 0.5) is 22.0 Å². The Morgan fingerprint density at radius 1 is 1.00 bits per heavy atom. The van der Waals surface area contributed by atoms with E-state index in [1.807, 2.05) is 5.32 Å². The number of carbonyl (C=O) groups excluding carboxylic acids is 1. The van der Waals surface area contributed by atoms with Crippen LogP contribution < -0.4 is 14.8 Å². The van der Waals surface area contributed by atoms with E-state index in [0.717, 1.165) is 36.4 Å². The maximum Gasteiger partial charge on any atom is 0.430 e. The van der Waals surface area contributed by atoms with Crippen LogP contribution in [0, 0.1) is 12.7 Å². The van der Waals surface area contributed by atoms with Gasteiger partial charge in [0.05, 0.1) is 26.5 Å². The number of carbonyl (C=O) groups is 1. The minimum atomic E-state index is -5.45. The van der Waals surface area contributed by atoms with Gasteiger partial charge in [0.1, 0.15) is 17.3 Å². The van der Waals surface area contributed by atoms with Gasteiger partial charge in [-0.3, -0.25) is 4.79 Å². The van der Waals surface area contributed by atoms with Crippen LogP contribution >= 0.6 is 0 Å². The van der Waals surface area contributed by atoms with Crippen LogP contribution in [0.25, 0.3) is 11.3 Å². The van der Waals surface area contributed by atoms with Crippen molar-refractivity contribution in [1.29, 1.82) is 0 Å². The minimum Gasteiger partial charge on any atom is -0.504 e. The van der Waals surface area contributed by atoms with Gasteiger partial charge in [-0.15, -0.1) is 0 Å². The average Bonchev–Trinajstić information content (AvgIpc) is 2.83. The molecule has 3 aromatic rings. The van der Waals surface area contributed by atoms with Gasteiger partial charge in [0.2, 0.25) is 0 Å². The Kier molecular flexibility index (Phi) is 7.18. The lowest BCUT2D eigenvalue weighted by Gasteiger charge is -2.28. The molecule has 0 aliphatic carbocycles. The van der Waals surface area contributed by atoms with Crippen LogP contribution in [0.5, 0.6) is 17.2 Å². The van der Waals surface area contributed by atoms with Crippen molar-refractivity contribution in [2.75, 3.05) is 20.8 Å². The van der Waals surface area contributed by atoms with Gasteiger partial charge in [0, 0.05) is 11.1 Å². The Morgan fingerprint density at radius 3 is 2.29 bits per heavy atom. The predicted octanol–water partition coefficient (Wildman–Crippen LogP) is 5.08. The number of aromatic nitrogens is 1. The zero-order valence-corrected chi connectivity index (χ0v) is 18.8. The highest BCUT2D eigenvalue weighted by atomic mass is 19.4. The van der Waals surface area contributed by atoms with E-state index < -0.39 is 35.8 Å². The van der Waals surface area contributed by atoms with Crippen molar-refractivity contribution in [2.24, 2.45) is 0 Å². The number of methoxy groups -OCH3 is 2. The Balaban J connectivity index is 1.99. The van der Waals surface area contributed by atoms with E-state index in [9.17, 15) is 27.5 Å². The van der Waals surface area contributed by atoms with Gasteiger partial charge < -0.3 is 19.9 Å². The number of pyridine rings is 1. The molecular weight excluding hydrogens is 475 g/mol. The number of aryl methyl sites for hydroxylation is 1. The summed E-state index contributed by atoms with van der Waals surface area (Å²) in [5.41, 5.74) is -4.96. The second kappa shape index (κ2) is 9.77. The number of amides is 1. The second-order valence-electron chi connectivity index (χ2n) is 7.58. The van der Waals surface area contributed by atoms with Crippen molar-refractivity contribution in [2.45, 2.75) is 18.8 Å². The molecule has 0 radical (unpaired) electrons. The highest BCUT2D eigenvalue weighted by Gasteiger charge is 2.58. The van der Waals surface area contributed by atoms with Gasteiger partial charge in [0.25, 0.3) is 11.6 Å². The molecule has 35 heavy (non-hydrogen) atoms. The first kappa shape index (κ1) is 25.7. The lowest BCUT2D eigenvalue weighted by Crippen LogP contribution is -2.48. The molecule has 11 heteroatoms. The Morgan fingerprint density at radius 2 is 1.69 bits per heavy atom. The van der Waals surface area contributed by atoms with E-state index in [1.165, 1.54) is 33.3 Å². The smallest absolute Gasteiger partial charge is 0.430 e. The van der Waals surface area contributed by atoms with Crippen LogP contribution in [-0.2, 0) is 5.67 Å². The van der Waals surface area contributed by atoms with E-state index in [1.54, 1.807) is 0 Å². The molecule has 6 nitrogen and oxygen atoms in total. The third kappa shape index (κ3) is 5.13. The van der Waals surface area contributed by atoms with Crippen molar-refractivity contribution >= 4 is 5.91 Å². The van der Waals surface area contributed by atoms with E-state index in [4.69, 9.17) is 9.47 Å². The Bertz CT molecular complexity index is 1250. The number of aromatic hydroxyl groups is 1. The monoisotopic (exact) mass is 496 g/mol. The molecule has 1 aromatic heterocycles. The van der Waals surface area contributed by atoms with Crippen LogP contribution in [0.1, 0.15) is 21.6 Å². The molecule has 0 aliphatic heterocycles. The number of alkyl halides is 4. The summed E-state index contributed by atoms with van der Waals surface area (Å²) in [6.07, 6.45) is -5.45. The lowest BCUT2D eigenvalue weighted by molar-refractivity contribution is -0.234. The normalized spacial score (nSPS) is 13.1. The molecule has 0 spiro atoms. The summed E-state index contributed by atoms with van der Waals surface area (Å²) in [6, 6.07) is 9.01. The maximum absolute atomic E-state index is 15.6. The molecule has 2 aromatic carbocycles. The molecule has 1 unspecified atom stereocenters. The van der Waals surface area contributed by atoms with Crippen molar-refractivity contribution in [3.63, 3.8) is 0 Å². The van der Waals surface area contributed by atoms with E-state index in [2.05, 4.69) is 4.98 Å². The number of phenolic OH excluding ortho intramolecular Hbond substituents is 1. The van der Waals surface area contributed by atoms with Gasteiger partial charge in [0.15, 0.2) is 11.5 Å². The molecule has 0 aliphatic rings. The number of hydrogen-bond donors (Lipinski definition) is 2. The lowest BCUT2D eigenvalue weighted by atomic mass is 9.98. The molecule has 0 fully saturated rings. The number of halogens is 5. The zero-order chi connectivity index (χ0) is 26.0. The predicted molar refractivity (Wildman–Crippen MR) is 117 cm³/mol. The second-order valence-corrected chi connectivity index (χ2v) is 7.58. The molecule has 0 saturated carbocycles. The standard InChI is InChI=1S/C24H21F5N2O4/c1-13-10-14(4-6-16(13)25)21-18(34-2)8-9-20(31-21)23(26,24(27,28)29)12-30-22(33)15-5-7-17(32)19(11-15)35-3/h4-11,32H,12H2,1-3H3,(H,30,33). The largest absolute Gasteiger partial charge is 0.504 e. The molecule has 3 rings (SSSR count). The van der Waals surface area contributed by atoms with Gasteiger partial charge >= 0.3 is 6.18 Å². The molecule has 0 saturated heterocycles. The van der Waals surface area contributed by atoms with E-state index >= 15 is 4.39 Å². The van der Waals surface area contributed by atoms with E-state index in [-0.39, 0.29) is 39.6 Å². The quantitative estimate of drug-likeness (QED) is 0.446. The van der Waals surface area contributed by atoms with Crippen molar-refractivity contribution < 1.29 is 41.3 Å². The van der Waals surface area contributed by atoms with Crippen molar-refractivity contribution in [3.05, 3.63) is 71.2 Å². The molecule has 186 valence electrons. The van der Waals surface area contributed by atoms with Gasteiger partial charge in [-0.2, -0.15) is 13.2 Å². The van der Waals surface area contributed by atoms with Crippen molar-refractivity contribution in [1.82, 2.24) is 10.3 Å². The van der Waals surface area contributed by atoms with Gasteiger partial charge in [-0.25, -0.2) is 13.8 Å². The minimum absolute atomic E-state index is 0.0458. The zero-order valence-electron chi connectivity index (χ0n) is 18.8. The summed E-state index contributed by atoms with van der Waals surface area (Å²) < 4.78 is 81.2. The van der Waals surface area contributed by atoms with Crippen LogP contribution in [0.2, 0.25) is 0 Å². The number of nitrogens with zero attached hydrogens (tertiary/aromatic N) is 1. The fourth-order valence-electron chi connectivity index (χ4n) is 3.29. The third-order valence-corrected chi connectivity index (χ3v) is 5.30. The summed E-state index contributed by atoms with van der Waals surface area (Å²) in [4.78, 5) is 16.3. The molecule has 1 atom stereocenters. The fourth-order valence-corrected chi connectivity index (χ4v) is 3.29. The topological polar surface area (TPSA) is 80.7 Å². The van der Waals surface area contributed by atoms with E-state index in [0.29, 0.717) is 0 Å². The highest BCUT2D eigenvalue weighted by molar-refractivity contribution is 5.95. The number of nitrogens with one attached hydrogen (secondary N) is 1. The van der Waals surface area contributed by atoms with Crippen molar-refractivity contribution in [3.8, 4) is 28.5 Å². The summed E-state index contributed by atoms with van der Waals surface area (Å²) >= 11 is 0. The van der Waals surface area contributed by atoms with Crippen LogP contribution in [0.15, 0.2) is 48.5 Å². The highest BCUT2D eigenvalue weighted by Crippen LogP contribution is 2.43. The first-order chi connectivity index (χ1) is 16.4. The maximum atomic E-state index is 15.6. The summed E-state index contributed by atoms with van der Waals surface area (Å²) in [7, 11) is 2.48. The summed E-state index contributed by atoms with van der Waals surface area (Å²) in [5, 5.41) is 11.5. The Hall–Kier alpha value is -3.89. The first-order valence-corrected chi connectivity index (χ1v) is 10.1. The summed E-state index contributed by atoms with van der Waals surface area (Å²) in [6.45, 7) is -0.0298. The number of phenols is 1. The summed E-state index contributed by atoms with van der Waals surface area (Å²) in [5.74, 6) is -1.89. The number of hydrogen-bond acceptors (Lipinski definition) is 5. The van der Waals surface area contributed by atoms with Crippen LogP contribution in [-0.4, -0.2) is 42.9 Å². The van der Waals surface area contributed by atoms with Gasteiger partial charge in [-0.1, -0.05) is 0 Å². The average molecular weight is 496 g/mol. The molecule has 1 amide bonds. The SMILES string of the molecule is COc1cc(C(=O)NCC(F)(c2ccc(OC)c(-c3ccc(F)c(C)c3)n2)C(F)(F)F)ccc1O. The van der Waals surface area contributed by atoms with Crippen LogP contribution in [0.3, 0.4) is 0 Å². The first-order valence-electron chi connectivity index (χ1n) is 10.1.